The fourth-order valence-corrected chi connectivity index (χ4v) is 2.34. The highest BCUT2D eigenvalue weighted by atomic mass is 32.2. The van der Waals surface area contributed by atoms with Gasteiger partial charge in [0.15, 0.2) is 20.8 Å². The van der Waals surface area contributed by atoms with Gasteiger partial charge < -0.3 is 15.9 Å². The van der Waals surface area contributed by atoms with Crippen molar-refractivity contribution in [3.63, 3.8) is 0 Å². The van der Waals surface area contributed by atoms with Crippen molar-refractivity contribution < 1.29 is 23.4 Å². The quantitative estimate of drug-likeness (QED) is 0.657. The molecule has 0 saturated carbocycles. The number of rotatable bonds is 4. The summed E-state index contributed by atoms with van der Waals surface area (Å²) in [6.45, 7) is 0. The van der Waals surface area contributed by atoms with Crippen LogP contribution >= 0.6 is 0 Å². The summed E-state index contributed by atoms with van der Waals surface area (Å²) >= 11 is 0. The third-order valence-electron chi connectivity index (χ3n) is 2.40. The highest BCUT2D eigenvalue weighted by molar-refractivity contribution is 7.91. The van der Waals surface area contributed by atoms with Crippen molar-refractivity contribution in [3.8, 4) is 0 Å². The Morgan fingerprint density at radius 1 is 1.35 bits per heavy atom. The first kappa shape index (κ1) is 13.6. The molecular formula is C10H13NO5S. The first-order chi connectivity index (χ1) is 7.70. The number of aliphatic hydroxyl groups is 1. The highest BCUT2D eigenvalue weighted by Gasteiger charge is 2.48. The third kappa shape index (κ3) is 2.46. The minimum atomic E-state index is -4.00. The molecule has 6 nitrogen and oxygen atoms in total. The lowest BCUT2D eigenvalue weighted by Gasteiger charge is -2.29. The summed E-state index contributed by atoms with van der Waals surface area (Å²) in [7, 11) is -4.00. The van der Waals surface area contributed by atoms with Crippen molar-refractivity contribution in [3.05, 3.63) is 35.9 Å². The van der Waals surface area contributed by atoms with Crippen LogP contribution in [0.2, 0.25) is 0 Å². The van der Waals surface area contributed by atoms with Gasteiger partial charge in [-0.2, -0.15) is 0 Å². The van der Waals surface area contributed by atoms with Gasteiger partial charge in [0.1, 0.15) is 0 Å². The molecule has 0 aliphatic carbocycles. The maximum absolute atomic E-state index is 11.3. The van der Waals surface area contributed by atoms with Crippen LogP contribution in [0.5, 0.6) is 0 Å². The Bertz CT molecular complexity index is 513. The van der Waals surface area contributed by atoms with Gasteiger partial charge in [-0.25, -0.2) is 13.2 Å². The Morgan fingerprint density at radius 3 is 2.18 bits per heavy atom. The Morgan fingerprint density at radius 2 is 1.82 bits per heavy atom. The van der Waals surface area contributed by atoms with Crippen molar-refractivity contribution in [1.82, 2.24) is 0 Å². The summed E-state index contributed by atoms with van der Waals surface area (Å²) < 4.78 is 22.5. The number of carboxylic acid groups (broad SMARTS) is 1. The van der Waals surface area contributed by atoms with Crippen LogP contribution < -0.4 is 5.73 Å². The maximum atomic E-state index is 11.3. The van der Waals surface area contributed by atoms with Crippen molar-refractivity contribution in [2.45, 2.75) is 11.0 Å². The second-order valence-corrected chi connectivity index (χ2v) is 5.83. The number of hydrogen-bond donors (Lipinski definition) is 3. The van der Waals surface area contributed by atoms with Crippen LogP contribution in [0.4, 0.5) is 0 Å². The zero-order chi connectivity index (χ0) is 13.3. The molecule has 4 N–H and O–H groups in total. The SMILES string of the molecule is CS(=O)(=O)C(O)C(N)(C(=O)O)c1ccccc1. The summed E-state index contributed by atoms with van der Waals surface area (Å²) in [4.78, 5) is 11.2. The molecule has 0 saturated heterocycles. The van der Waals surface area contributed by atoms with Crippen LogP contribution in [0.25, 0.3) is 0 Å². The molecule has 2 atom stereocenters. The van der Waals surface area contributed by atoms with Gasteiger partial charge in [0, 0.05) is 6.26 Å². The molecular weight excluding hydrogens is 246 g/mol. The summed E-state index contributed by atoms with van der Waals surface area (Å²) in [5.41, 5.74) is 0.989. The van der Waals surface area contributed by atoms with E-state index in [4.69, 9.17) is 10.8 Å². The van der Waals surface area contributed by atoms with E-state index in [0.717, 1.165) is 6.26 Å². The van der Waals surface area contributed by atoms with Crippen LogP contribution in [-0.4, -0.2) is 36.3 Å². The smallest absolute Gasteiger partial charge is 0.332 e. The molecule has 0 amide bonds. The zero-order valence-corrected chi connectivity index (χ0v) is 9.89. The molecule has 17 heavy (non-hydrogen) atoms. The maximum Gasteiger partial charge on any atom is 0.332 e. The molecule has 0 radical (unpaired) electrons. The lowest BCUT2D eigenvalue weighted by Crippen LogP contribution is -2.57. The van der Waals surface area contributed by atoms with E-state index in [-0.39, 0.29) is 5.56 Å². The molecule has 0 spiro atoms. The third-order valence-corrected chi connectivity index (χ3v) is 3.58. The van der Waals surface area contributed by atoms with Gasteiger partial charge in [-0.3, -0.25) is 0 Å². The van der Waals surface area contributed by atoms with Crippen molar-refractivity contribution >= 4 is 15.8 Å². The molecule has 1 rings (SSSR count). The minimum absolute atomic E-state index is 0.0189. The van der Waals surface area contributed by atoms with Gasteiger partial charge >= 0.3 is 5.97 Å². The summed E-state index contributed by atoms with van der Waals surface area (Å²) in [5, 5.41) is 18.7. The predicted molar refractivity (Wildman–Crippen MR) is 60.8 cm³/mol. The molecule has 0 heterocycles. The number of carboxylic acids is 1. The van der Waals surface area contributed by atoms with Crippen LogP contribution in [0.15, 0.2) is 30.3 Å². The van der Waals surface area contributed by atoms with Gasteiger partial charge in [0.05, 0.1) is 0 Å². The minimum Gasteiger partial charge on any atom is -0.480 e. The molecule has 0 bridgehead atoms. The van der Waals surface area contributed by atoms with Crippen LogP contribution in [-0.2, 0) is 20.2 Å². The molecule has 0 aromatic heterocycles. The molecule has 2 unspecified atom stereocenters. The molecule has 7 heteroatoms. The van der Waals surface area contributed by atoms with Gasteiger partial charge in [-0.05, 0) is 5.56 Å². The van der Waals surface area contributed by atoms with Crippen LogP contribution in [0, 0.1) is 0 Å². The Hall–Kier alpha value is -1.44. The van der Waals surface area contributed by atoms with E-state index in [1.165, 1.54) is 24.3 Å². The highest BCUT2D eigenvalue weighted by Crippen LogP contribution is 2.25. The monoisotopic (exact) mass is 259 g/mol. The van der Waals surface area contributed by atoms with Gasteiger partial charge in [-0.1, -0.05) is 30.3 Å². The van der Waals surface area contributed by atoms with Crippen LogP contribution in [0.3, 0.4) is 0 Å². The number of carbonyl (C=O) groups is 1. The number of hydrogen-bond acceptors (Lipinski definition) is 5. The molecule has 1 aromatic rings. The Labute approximate surface area is 98.6 Å². The lowest BCUT2D eigenvalue weighted by atomic mass is 9.92. The first-order valence-corrected chi connectivity index (χ1v) is 6.61. The Balaban J connectivity index is 3.40. The number of benzene rings is 1. The number of aliphatic hydroxyl groups excluding tert-OH is 1. The Kier molecular flexibility index (Phi) is 3.56. The molecule has 0 aliphatic heterocycles. The van der Waals surface area contributed by atoms with E-state index in [2.05, 4.69) is 0 Å². The average molecular weight is 259 g/mol. The van der Waals surface area contributed by atoms with Crippen molar-refractivity contribution in [1.29, 1.82) is 0 Å². The van der Waals surface area contributed by atoms with Gasteiger partial charge in [0.25, 0.3) is 0 Å². The topological polar surface area (TPSA) is 118 Å². The molecule has 0 aliphatic rings. The van der Waals surface area contributed by atoms with E-state index < -0.39 is 26.8 Å². The second-order valence-electron chi connectivity index (χ2n) is 3.72. The van der Waals surface area contributed by atoms with Crippen molar-refractivity contribution in [2.24, 2.45) is 5.73 Å². The molecule has 0 fully saturated rings. The number of aliphatic carboxylic acids is 1. The zero-order valence-electron chi connectivity index (χ0n) is 9.07. The molecule has 1 aromatic carbocycles. The van der Waals surface area contributed by atoms with Crippen molar-refractivity contribution in [2.75, 3.05) is 6.26 Å². The normalized spacial score (nSPS) is 17.1. The summed E-state index contributed by atoms with van der Waals surface area (Å²) in [6, 6.07) is 7.34. The fourth-order valence-electron chi connectivity index (χ4n) is 1.42. The number of nitrogens with two attached hydrogens (primary N) is 1. The largest absolute Gasteiger partial charge is 0.480 e. The number of sulfone groups is 1. The average Bonchev–Trinajstić information content (AvgIpc) is 2.26. The lowest BCUT2D eigenvalue weighted by molar-refractivity contribution is -0.146. The summed E-state index contributed by atoms with van der Waals surface area (Å²) in [6.07, 6.45) is 0.727. The predicted octanol–water partition coefficient (Wildman–Crippen LogP) is -0.712. The second kappa shape index (κ2) is 4.44. The van der Waals surface area contributed by atoms with E-state index in [1.807, 2.05) is 0 Å². The van der Waals surface area contributed by atoms with E-state index >= 15 is 0 Å². The van der Waals surface area contributed by atoms with E-state index in [0.29, 0.717) is 0 Å². The van der Waals surface area contributed by atoms with E-state index in [9.17, 15) is 18.3 Å². The standard InChI is InChI=1S/C10H13NO5S/c1-17(15,16)9(14)10(11,8(12)13)7-5-3-2-4-6-7/h2-6,9,14H,11H2,1H3,(H,12,13). The van der Waals surface area contributed by atoms with Gasteiger partial charge in [-0.15, -0.1) is 0 Å². The fraction of sp³-hybridized carbons (Fsp3) is 0.300. The first-order valence-electron chi connectivity index (χ1n) is 4.65. The van der Waals surface area contributed by atoms with Crippen LogP contribution in [0.1, 0.15) is 5.56 Å². The molecule has 94 valence electrons. The van der Waals surface area contributed by atoms with Gasteiger partial charge in [0.2, 0.25) is 0 Å². The summed E-state index contributed by atoms with van der Waals surface area (Å²) in [5.74, 6) is -1.61. The van der Waals surface area contributed by atoms with E-state index in [1.54, 1.807) is 6.07 Å².